The lowest BCUT2D eigenvalue weighted by Gasteiger charge is -2.15. The Hall–Kier alpha value is -0.870. The van der Waals surface area contributed by atoms with Crippen molar-refractivity contribution in [2.45, 2.75) is 38.3 Å². The molecule has 1 aliphatic rings. The van der Waals surface area contributed by atoms with Crippen LogP contribution >= 0.6 is 0 Å². The van der Waals surface area contributed by atoms with E-state index in [1.54, 1.807) is 0 Å². The molecule has 0 bridgehead atoms. The molecule has 4 heteroatoms. The third-order valence-electron chi connectivity index (χ3n) is 3.04. The summed E-state index contributed by atoms with van der Waals surface area (Å²) in [5.74, 6) is 1.35. The highest BCUT2D eigenvalue weighted by Crippen LogP contribution is 2.30. The van der Waals surface area contributed by atoms with Crippen molar-refractivity contribution in [3.63, 3.8) is 0 Å². The van der Waals surface area contributed by atoms with Crippen LogP contribution in [0.5, 0.6) is 0 Å². The van der Waals surface area contributed by atoms with Crippen molar-refractivity contribution in [2.75, 3.05) is 13.6 Å². The lowest BCUT2D eigenvalue weighted by molar-refractivity contribution is 0.292. The molecule has 0 aromatic carbocycles. The van der Waals surface area contributed by atoms with Gasteiger partial charge in [0, 0.05) is 24.6 Å². The number of hydrogen-bond acceptors (Lipinski definition) is 4. The van der Waals surface area contributed by atoms with Gasteiger partial charge in [-0.05, 0) is 13.5 Å². The molecular weight excluding hydrogens is 190 g/mol. The van der Waals surface area contributed by atoms with E-state index in [2.05, 4.69) is 37.0 Å². The standard InChI is InChI=1S/C11H19N3O/c1-7(2)11-5-9(13-15-11)10-4-8(12)6-14(10)3/h5,7-8,10H,4,6,12H2,1-3H3. The molecule has 0 saturated carbocycles. The summed E-state index contributed by atoms with van der Waals surface area (Å²) in [6, 6.07) is 2.65. The molecule has 0 spiro atoms. The van der Waals surface area contributed by atoms with Crippen LogP contribution in [0.25, 0.3) is 0 Å². The average Bonchev–Trinajstić information content (AvgIpc) is 2.71. The molecule has 0 radical (unpaired) electrons. The predicted octanol–water partition coefficient (Wildman–Crippen LogP) is 1.50. The van der Waals surface area contributed by atoms with Gasteiger partial charge in [-0.15, -0.1) is 0 Å². The van der Waals surface area contributed by atoms with Crippen molar-refractivity contribution in [3.8, 4) is 0 Å². The van der Waals surface area contributed by atoms with Gasteiger partial charge in [0.15, 0.2) is 0 Å². The van der Waals surface area contributed by atoms with Gasteiger partial charge >= 0.3 is 0 Å². The van der Waals surface area contributed by atoms with Crippen LogP contribution in [0.15, 0.2) is 10.6 Å². The Morgan fingerprint density at radius 1 is 1.60 bits per heavy atom. The molecule has 1 aromatic rings. The predicted molar refractivity (Wildman–Crippen MR) is 58.6 cm³/mol. The number of nitrogens with zero attached hydrogens (tertiary/aromatic N) is 2. The number of aromatic nitrogens is 1. The van der Waals surface area contributed by atoms with Gasteiger partial charge < -0.3 is 10.3 Å². The molecule has 1 fully saturated rings. The van der Waals surface area contributed by atoms with Gasteiger partial charge in [-0.3, -0.25) is 4.90 Å². The minimum absolute atomic E-state index is 0.263. The second kappa shape index (κ2) is 3.94. The molecule has 84 valence electrons. The summed E-state index contributed by atoms with van der Waals surface area (Å²) in [5.41, 5.74) is 6.94. The molecular formula is C11H19N3O. The molecule has 2 atom stereocenters. The Balaban J connectivity index is 2.15. The molecule has 15 heavy (non-hydrogen) atoms. The van der Waals surface area contributed by atoms with Crippen LogP contribution in [0, 0.1) is 0 Å². The maximum Gasteiger partial charge on any atom is 0.139 e. The smallest absolute Gasteiger partial charge is 0.139 e. The molecule has 1 aromatic heterocycles. The number of hydrogen-bond donors (Lipinski definition) is 1. The average molecular weight is 209 g/mol. The molecule has 4 nitrogen and oxygen atoms in total. The van der Waals surface area contributed by atoms with Crippen LogP contribution in [0.4, 0.5) is 0 Å². The first kappa shape index (κ1) is 10.6. The first-order chi connectivity index (χ1) is 7.08. The first-order valence-electron chi connectivity index (χ1n) is 5.50. The monoisotopic (exact) mass is 209 g/mol. The molecule has 2 heterocycles. The second-order valence-electron chi connectivity index (χ2n) is 4.76. The van der Waals surface area contributed by atoms with E-state index in [1.807, 2.05) is 0 Å². The summed E-state index contributed by atoms with van der Waals surface area (Å²) >= 11 is 0. The van der Waals surface area contributed by atoms with E-state index in [4.69, 9.17) is 10.3 Å². The van der Waals surface area contributed by atoms with E-state index < -0.39 is 0 Å². The van der Waals surface area contributed by atoms with Crippen molar-refractivity contribution in [1.29, 1.82) is 0 Å². The van der Waals surface area contributed by atoms with E-state index in [1.165, 1.54) is 0 Å². The SMILES string of the molecule is CC(C)c1cc(C2CC(N)CN2C)no1. The molecule has 1 saturated heterocycles. The fourth-order valence-corrected chi connectivity index (χ4v) is 2.12. The fourth-order valence-electron chi connectivity index (χ4n) is 2.12. The van der Waals surface area contributed by atoms with Crippen LogP contribution < -0.4 is 5.73 Å². The van der Waals surface area contributed by atoms with Crippen molar-refractivity contribution >= 4 is 0 Å². The highest BCUT2D eigenvalue weighted by molar-refractivity contribution is 5.14. The Bertz CT molecular complexity index is 334. The third-order valence-corrected chi connectivity index (χ3v) is 3.04. The van der Waals surface area contributed by atoms with E-state index in [0.29, 0.717) is 12.0 Å². The summed E-state index contributed by atoms with van der Waals surface area (Å²) in [7, 11) is 2.08. The largest absolute Gasteiger partial charge is 0.361 e. The Morgan fingerprint density at radius 3 is 2.80 bits per heavy atom. The van der Waals surface area contributed by atoms with E-state index >= 15 is 0 Å². The van der Waals surface area contributed by atoms with Crippen LogP contribution in [0.3, 0.4) is 0 Å². The minimum Gasteiger partial charge on any atom is -0.361 e. The van der Waals surface area contributed by atoms with Gasteiger partial charge in [-0.1, -0.05) is 19.0 Å². The Kier molecular flexibility index (Phi) is 2.80. The van der Waals surface area contributed by atoms with Gasteiger partial charge in [0.05, 0.1) is 6.04 Å². The number of likely N-dealkylation sites (tertiary alicyclic amines) is 1. The zero-order valence-corrected chi connectivity index (χ0v) is 9.60. The molecule has 0 amide bonds. The quantitative estimate of drug-likeness (QED) is 0.802. The Morgan fingerprint density at radius 2 is 2.33 bits per heavy atom. The first-order valence-corrected chi connectivity index (χ1v) is 5.50. The summed E-state index contributed by atoms with van der Waals surface area (Å²) in [4.78, 5) is 2.24. The van der Waals surface area contributed by atoms with E-state index in [9.17, 15) is 0 Å². The zero-order chi connectivity index (χ0) is 11.0. The van der Waals surface area contributed by atoms with Crippen molar-refractivity contribution in [2.24, 2.45) is 5.73 Å². The summed E-state index contributed by atoms with van der Waals surface area (Å²) in [5, 5.41) is 4.13. The summed E-state index contributed by atoms with van der Waals surface area (Å²) in [6.07, 6.45) is 0.973. The lowest BCUT2D eigenvalue weighted by atomic mass is 10.1. The molecule has 2 rings (SSSR count). The fraction of sp³-hybridized carbons (Fsp3) is 0.727. The number of rotatable bonds is 2. The van der Waals surface area contributed by atoms with Gasteiger partial charge in [0.2, 0.25) is 0 Å². The van der Waals surface area contributed by atoms with E-state index in [0.717, 1.165) is 24.4 Å². The van der Waals surface area contributed by atoms with Crippen LogP contribution in [0.2, 0.25) is 0 Å². The number of likely N-dealkylation sites (N-methyl/N-ethyl adjacent to an activating group) is 1. The third kappa shape index (κ3) is 2.06. The second-order valence-corrected chi connectivity index (χ2v) is 4.76. The maximum atomic E-state index is 5.92. The number of nitrogens with two attached hydrogens (primary N) is 1. The lowest BCUT2D eigenvalue weighted by Crippen LogP contribution is -2.24. The van der Waals surface area contributed by atoms with Gasteiger partial charge in [-0.25, -0.2) is 0 Å². The summed E-state index contributed by atoms with van der Waals surface area (Å²) in [6.45, 7) is 5.15. The van der Waals surface area contributed by atoms with Gasteiger partial charge in [0.1, 0.15) is 11.5 Å². The summed E-state index contributed by atoms with van der Waals surface area (Å²) < 4.78 is 5.30. The molecule has 1 aliphatic heterocycles. The van der Waals surface area contributed by atoms with Crippen molar-refractivity contribution in [1.82, 2.24) is 10.1 Å². The van der Waals surface area contributed by atoms with Crippen LogP contribution in [0.1, 0.15) is 43.7 Å². The van der Waals surface area contributed by atoms with Crippen molar-refractivity contribution in [3.05, 3.63) is 17.5 Å². The highest BCUT2D eigenvalue weighted by Gasteiger charge is 2.30. The Labute approximate surface area is 90.4 Å². The zero-order valence-electron chi connectivity index (χ0n) is 9.60. The normalized spacial score (nSPS) is 27.8. The van der Waals surface area contributed by atoms with Crippen LogP contribution in [-0.2, 0) is 0 Å². The van der Waals surface area contributed by atoms with Crippen molar-refractivity contribution < 1.29 is 4.52 Å². The maximum absolute atomic E-state index is 5.92. The topological polar surface area (TPSA) is 55.3 Å². The van der Waals surface area contributed by atoms with Crippen LogP contribution in [-0.4, -0.2) is 29.7 Å². The van der Waals surface area contributed by atoms with Gasteiger partial charge in [0.25, 0.3) is 0 Å². The molecule has 0 aliphatic carbocycles. The van der Waals surface area contributed by atoms with E-state index in [-0.39, 0.29) is 6.04 Å². The minimum atomic E-state index is 0.263. The highest BCUT2D eigenvalue weighted by atomic mass is 16.5. The molecule has 2 N–H and O–H groups in total. The molecule has 2 unspecified atom stereocenters. The van der Waals surface area contributed by atoms with Gasteiger partial charge in [-0.2, -0.15) is 0 Å².